The van der Waals surface area contributed by atoms with Gasteiger partial charge in [0.05, 0.1) is 7.11 Å². The van der Waals surface area contributed by atoms with Crippen LogP contribution in [0.5, 0.6) is 11.5 Å². The highest BCUT2D eigenvalue weighted by molar-refractivity contribution is 5.45. The minimum absolute atomic E-state index is 0.208. The number of aliphatic hydroxyl groups is 1. The van der Waals surface area contributed by atoms with Gasteiger partial charge in [-0.1, -0.05) is 24.3 Å². The fourth-order valence-electron chi connectivity index (χ4n) is 1.97. The van der Waals surface area contributed by atoms with Crippen molar-refractivity contribution in [2.45, 2.75) is 13.0 Å². The molecule has 2 N–H and O–H groups in total. The number of aliphatic hydroxyl groups excluding tert-OH is 1. The fraction of sp³-hybridized carbons (Fsp3) is 0.294. The lowest BCUT2D eigenvalue weighted by Crippen LogP contribution is -2.26. The summed E-state index contributed by atoms with van der Waals surface area (Å²) in [6, 6.07) is 15.4. The summed E-state index contributed by atoms with van der Waals surface area (Å²) in [6.07, 6.45) is -0.601. The third kappa shape index (κ3) is 4.68. The average Bonchev–Trinajstić information content (AvgIpc) is 2.51. The van der Waals surface area contributed by atoms with Crippen molar-refractivity contribution < 1.29 is 14.6 Å². The van der Waals surface area contributed by atoms with Crippen molar-refractivity contribution in [2.24, 2.45) is 0 Å². The number of anilines is 1. The molecule has 0 heterocycles. The molecule has 1 atom stereocenters. The van der Waals surface area contributed by atoms with Crippen LogP contribution in [0.1, 0.15) is 5.56 Å². The maximum Gasteiger partial charge on any atom is 0.161 e. The Labute approximate surface area is 125 Å². The maximum absolute atomic E-state index is 9.98. The van der Waals surface area contributed by atoms with Crippen LogP contribution in [0.2, 0.25) is 0 Å². The van der Waals surface area contributed by atoms with Gasteiger partial charge in [0.1, 0.15) is 12.7 Å². The van der Waals surface area contributed by atoms with Gasteiger partial charge in [-0.2, -0.15) is 0 Å². The number of hydrogen-bond acceptors (Lipinski definition) is 4. The average molecular weight is 287 g/mol. The van der Waals surface area contributed by atoms with Crippen molar-refractivity contribution in [1.82, 2.24) is 0 Å². The van der Waals surface area contributed by atoms with Crippen LogP contribution < -0.4 is 14.8 Å². The summed E-state index contributed by atoms with van der Waals surface area (Å²) in [7, 11) is 1.60. The molecule has 0 aliphatic carbocycles. The first kappa shape index (κ1) is 15.2. The Morgan fingerprint density at radius 1 is 1.10 bits per heavy atom. The summed E-state index contributed by atoms with van der Waals surface area (Å²) in [6.45, 7) is 2.67. The molecule has 0 spiro atoms. The fourth-order valence-corrected chi connectivity index (χ4v) is 1.97. The quantitative estimate of drug-likeness (QED) is 0.822. The minimum atomic E-state index is -0.601. The SMILES string of the molecule is COc1ccccc1OCC(O)CNc1cccc(C)c1. The number of ether oxygens (including phenoxy) is 2. The highest BCUT2D eigenvalue weighted by atomic mass is 16.5. The zero-order chi connectivity index (χ0) is 15.1. The number of rotatable bonds is 7. The number of benzene rings is 2. The van der Waals surface area contributed by atoms with Crippen molar-refractivity contribution in [3.8, 4) is 11.5 Å². The van der Waals surface area contributed by atoms with E-state index in [0.29, 0.717) is 18.0 Å². The molecule has 2 rings (SSSR count). The molecule has 1 unspecified atom stereocenters. The molecule has 0 radical (unpaired) electrons. The van der Waals surface area contributed by atoms with E-state index in [1.54, 1.807) is 7.11 Å². The molecule has 0 amide bonds. The highest BCUT2D eigenvalue weighted by Gasteiger charge is 2.08. The third-order valence-corrected chi connectivity index (χ3v) is 3.06. The van der Waals surface area contributed by atoms with Crippen LogP contribution in [-0.4, -0.2) is 31.5 Å². The smallest absolute Gasteiger partial charge is 0.161 e. The molecule has 4 nitrogen and oxygen atoms in total. The van der Waals surface area contributed by atoms with E-state index < -0.39 is 6.10 Å². The van der Waals surface area contributed by atoms with E-state index in [1.807, 2.05) is 55.5 Å². The van der Waals surface area contributed by atoms with Crippen LogP contribution in [0.4, 0.5) is 5.69 Å². The van der Waals surface area contributed by atoms with Crippen molar-refractivity contribution in [1.29, 1.82) is 0 Å². The Morgan fingerprint density at radius 2 is 1.86 bits per heavy atom. The number of hydrogen-bond donors (Lipinski definition) is 2. The van der Waals surface area contributed by atoms with Gasteiger partial charge in [-0.3, -0.25) is 0 Å². The molecule has 0 saturated heterocycles. The molecule has 0 aromatic heterocycles. The second kappa shape index (κ2) is 7.55. The van der Waals surface area contributed by atoms with E-state index in [1.165, 1.54) is 5.56 Å². The molecule has 0 aliphatic rings. The van der Waals surface area contributed by atoms with Crippen molar-refractivity contribution in [3.63, 3.8) is 0 Å². The number of nitrogens with one attached hydrogen (secondary N) is 1. The second-order valence-electron chi connectivity index (χ2n) is 4.87. The van der Waals surface area contributed by atoms with E-state index in [9.17, 15) is 5.11 Å². The molecule has 0 saturated carbocycles. The predicted molar refractivity (Wildman–Crippen MR) is 84.2 cm³/mol. The van der Waals surface area contributed by atoms with Gasteiger partial charge in [0.2, 0.25) is 0 Å². The Bertz CT molecular complexity index is 571. The lowest BCUT2D eigenvalue weighted by molar-refractivity contribution is 0.115. The molecule has 0 bridgehead atoms. The summed E-state index contributed by atoms with van der Waals surface area (Å²) in [5.74, 6) is 1.30. The van der Waals surface area contributed by atoms with Gasteiger partial charge in [-0.05, 0) is 36.8 Å². The monoisotopic (exact) mass is 287 g/mol. The van der Waals surface area contributed by atoms with Crippen molar-refractivity contribution in [2.75, 3.05) is 25.6 Å². The maximum atomic E-state index is 9.98. The molecule has 2 aromatic carbocycles. The van der Waals surface area contributed by atoms with Crippen LogP contribution in [-0.2, 0) is 0 Å². The summed E-state index contributed by atoms with van der Waals surface area (Å²) in [5.41, 5.74) is 2.17. The molecular weight excluding hydrogens is 266 g/mol. The van der Waals surface area contributed by atoms with Crippen LogP contribution in [0, 0.1) is 6.92 Å². The van der Waals surface area contributed by atoms with Crippen LogP contribution in [0.25, 0.3) is 0 Å². The van der Waals surface area contributed by atoms with Gasteiger partial charge < -0.3 is 19.9 Å². The summed E-state index contributed by atoms with van der Waals surface area (Å²) in [4.78, 5) is 0. The zero-order valence-electron chi connectivity index (χ0n) is 12.4. The topological polar surface area (TPSA) is 50.7 Å². The van der Waals surface area contributed by atoms with E-state index in [2.05, 4.69) is 5.32 Å². The van der Waals surface area contributed by atoms with Crippen LogP contribution in [0.3, 0.4) is 0 Å². The molecule has 0 fully saturated rings. The Hall–Kier alpha value is -2.20. The molecule has 21 heavy (non-hydrogen) atoms. The van der Waals surface area contributed by atoms with Gasteiger partial charge >= 0.3 is 0 Å². The van der Waals surface area contributed by atoms with Crippen LogP contribution >= 0.6 is 0 Å². The number of para-hydroxylation sites is 2. The van der Waals surface area contributed by atoms with Gasteiger partial charge in [0.25, 0.3) is 0 Å². The minimum Gasteiger partial charge on any atom is -0.493 e. The van der Waals surface area contributed by atoms with Gasteiger partial charge in [0.15, 0.2) is 11.5 Å². The first-order valence-corrected chi connectivity index (χ1v) is 6.93. The van der Waals surface area contributed by atoms with Crippen molar-refractivity contribution in [3.05, 3.63) is 54.1 Å². The second-order valence-corrected chi connectivity index (χ2v) is 4.87. The largest absolute Gasteiger partial charge is 0.493 e. The molecule has 2 aromatic rings. The third-order valence-electron chi connectivity index (χ3n) is 3.06. The predicted octanol–water partition coefficient (Wildman–Crippen LogP) is 2.86. The first-order chi connectivity index (χ1) is 10.2. The van der Waals surface area contributed by atoms with Gasteiger partial charge in [-0.15, -0.1) is 0 Å². The van der Waals surface area contributed by atoms with E-state index in [-0.39, 0.29) is 6.61 Å². The Morgan fingerprint density at radius 3 is 2.57 bits per heavy atom. The lowest BCUT2D eigenvalue weighted by Gasteiger charge is -2.15. The van der Waals surface area contributed by atoms with Crippen molar-refractivity contribution >= 4 is 5.69 Å². The molecule has 4 heteroatoms. The van der Waals surface area contributed by atoms with E-state index in [4.69, 9.17) is 9.47 Å². The van der Waals surface area contributed by atoms with Gasteiger partial charge in [-0.25, -0.2) is 0 Å². The molecule has 0 aliphatic heterocycles. The van der Waals surface area contributed by atoms with Crippen LogP contribution in [0.15, 0.2) is 48.5 Å². The summed E-state index contributed by atoms with van der Waals surface area (Å²) < 4.78 is 10.8. The lowest BCUT2D eigenvalue weighted by atomic mass is 10.2. The molecule has 112 valence electrons. The number of methoxy groups -OCH3 is 1. The van der Waals surface area contributed by atoms with E-state index >= 15 is 0 Å². The molecular formula is C17H21NO3. The summed E-state index contributed by atoms with van der Waals surface area (Å²) >= 11 is 0. The van der Waals surface area contributed by atoms with E-state index in [0.717, 1.165) is 5.69 Å². The Balaban J connectivity index is 1.81. The zero-order valence-corrected chi connectivity index (χ0v) is 12.4. The summed E-state index contributed by atoms with van der Waals surface area (Å²) in [5, 5.41) is 13.2. The standard InChI is InChI=1S/C17H21NO3/c1-13-6-5-7-14(10-13)18-11-15(19)12-21-17-9-4-3-8-16(17)20-2/h3-10,15,18-19H,11-12H2,1-2H3. The Kier molecular flexibility index (Phi) is 5.46. The number of aryl methyl sites for hydroxylation is 1. The van der Waals surface area contributed by atoms with Gasteiger partial charge in [0, 0.05) is 12.2 Å². The first-order valence-electron chi connectivity index (χ1n) is 6.93. The highest BCUT2D eigenvalue weighted by Crippen LogP contribution is 2.25. The normalized spacial score (nSPS) is 11.8.